The van der Waals surface area contributed by atoms with Crippen LogP contribution in [0, 0.1) is 6.92 Å². The van der Waals surface area contributed by atoms with E-state index in [1.165, 1.54) is 6.20 Å². The topological polar surface area (TPSA) is 45.6 Å². The fourth-order valence-corrected chi connectivity index (χ4v) is 3.34. The van der Waals surface area contributed by atoms with Gasteiger partial charge in [0.15, 0.2) is 0 Å². The molecule has 1 unspecified atom stereocenters. The molecule has 0 fully saturated rings. The number of alkyl halides is 3. The molecule has 0 saturated heterocycles. The van der Waals surface area contributed by atoms with Gasteiger partial charge in [-0.3, -0.25) is 9.88 Å². The smallest absolute Gasteiger partial charge is 0.416 e. The molecule has 4 nitrogen and oxygen atoms in total. The zero-order chi connectivity index (χ0) is 22.3. The Labute approximate surface area is 179 Å². The van der Waals surface area contributed by atoms with E-state index < -0.39 is 17.8 Å². The van der Waals surface area contributed by atoms with Gasteiger partial charge in [-0.15, -0.1) is 0 Å². The van der Waals surface area contributed by atoms with Crippen molar-refractivity contribution in [3.8, 4) is 5.75 Å². The van der Waals surface area contributed by atoms with Crippen molar-refractivity contribution >= 4 is 0 Å². The number of aryl methyl sites for hydroxylation is 1. The van der Waals surface area contributed by atoms with E-state index >= 15 is 0 Å². The lowest BCUT2D eigenvalue weighted by molar-refractivity contribution is -0.138. The molecule has 0 aliphatic carbocycles. The van der Waals surface area contributed by atoms with Gasteiger partial charge in [0.25, 0.3) is 0 Å². The van der Waals surface area contributed by atoms with E-state index in [4.69, 9.17) is 4.74 Å². The Kier molecular flexibility index (Phi) is 7.65. The number of aliphatic hydroxyl groups is 1. The van der Waals surface area contributed by atoms with Gasteiger partial charge in [-0.1, -0.05) is 42.5 Å². The highest BCUT2D eigenvalue weighted by Gasteiger charge is 2.33. The van der Waals surface area contributed by atoms with Gasteiger partial charge in [0.2, 0.25) is 0 Å². The van der Waals surface area contributed by atoms with Crippen LogP contribution in [0.1, 0.15) is 22.3 Å². The highest BCUT2D eigenvalue weighted by molar-refractivity contribution is 5.28. The zero-order valence-corrected chi connectivity index (χ0v) is 17.2. The van der Waals surface area contributed by atoms with Crippen LogP contribution in [0.2, 0.25) is 0 Å². The van der Waals surface area contributed by atoms with Crippen LogP contribution in [-0.4, -0.2) is 34.2 Å². The first kappa shape index (κ1) is 22.8. The van der Waals surface area contributed by atoms with E-state index in [9.17, 15) is 18.3 Å². The van der Waals surface area contributed by atoms with Gasteiger partial charge in [-0.05, 0) is 41.8 Å². The lowest BCUT2D eigenvalue weighted by Gasteiger charge is -2.27. The molecular weight excluding hydrogens is 405 g/mol. The van der Waals surface area contributed by atoms with Crippen LogP contribution >= 0.6 is 0 Å². The number of rotatable bonds is 9. The van der Waals surface area contributed by atoms with Crippen molar-refractivity contribution in [3.05, 3.63) is 95.3 Å². The third kappa shape index (κ3) is 6.80. The molecule has 0 radical (unpaired) electrons. The molecule has 1 heterocycles. The van der Waals surface area contributed by atoms with Gasteiger partial charge in [0, 0.05) is 32.0 Å². The Balaban J connectivity index is 1.76. The fourth-order valence-electron chi connectivity index (χ4n) is 3.34. The molecule has 1 N–H and O–H groups in total. The van der Waals surface area contributed by atoms with Crippen molar-refractivity contribution in [2.24, 2.45) is 0 Å². The van der Waals surface area contributed by atoms with Gasteiger partial charge in [-0.25, -0.2) is 0 Å². The number of hydrogen-bond acceptors (Lipinski definition) is 4. The third-order valence-electron chi connectivity index (χ3n) is 4.91. The van der Waals surface area contributed by atoms with Gasteiger partial charge in [-0.2, -0.15) is 13.2 Å². The van der Waals surface area contributed by atoms with Crippen molar-refractivity contribution in [1.29, 1.82) is 0 Å². The van der Waals surface area contributed by atoms with E-state index in [-0.39, 0.29) is 25.3 Å². The maximum absolute atomic E-state index is 13.4. The Bertz CT molecular complexity index is 964. The minimum Gasteiger partial charge on any atom is -0.491 e. The van der Waals surface area contributed by atoms with Crippen LogP contribution in [0.3, 0.4) is 0 Å². The fraction of sp³-hybridized carbons (Fsp3) is 0.292. The molecule has 2 aromatic carbocycles. The van der Waals surface area contributed by atoms with E-state index in [2.05, 4.69) is 4.98 Å². The average molecular weight is 430 g/mol. The SMILES string of the molecule is Cc1ccccc1CN(Cc1cnccc1C(F)(F)F)CC(O)COc1ccccc1. The van der Waals surface area contributed by atoms with E-state index in [1.54, 1.807) is 17.0 Å². The lowest BCUT2D eigenvalue weighted by atomic mass is 10.1. The lowest BCUT2D eigenvalue weighted by Crippen LogP contribution is -2.35. The number of hydrogen-bond donors (Lipinski definition) is 1. The van der Waals surface area contributed by atoms with Crippen LogP contribution in [0.15, 0.2) is 73.1 Å². The maximum atomic E-state index is 13.4. The Morgan fingerprint density at radius 1 is 0.968 bits per heavy atom. The molecular formula is C24H25F3N2O2. The first-order valence-corrected chi connectivity index (χ1v) is 9.96. The average Bonchev–Trinajstić information content (AvgIpc) is 2.74. The van der Waals surface area contributed by atoms with Crippen LogP contribution < -0.4 is 4.74 Å². The number of pyridine rings is 1. The molecule has 31 heavy (non-hydrogen) atoms. The molecule has 0 amide bonds. The summed E-state index contributed by atoms with van der Waals surface area (Å²) in [7, 11) is 0. The predicted molar refractivity (Wildman–Crippen MR) is 112 cm³/mol. The quantitative estimate of drug-likeness (QED) is 0.527. The molecule has 0 saturated carbocycles. The maximum Gasteiger partial charge on any atom is 0.416 e. The second kappa shape index (κ2) is 10.4. The van der Waals surface area contributed by atoms with E-state index in [0.29, 0.717) is 12.3 Å². The number of halogens is 3. The van der Waals surface area contributed by atoms with E-state index in [1.807, 2.05) is 49.4 Å². The van der Waals surface area contributed by atoms with Crippen LogP contribution in [0.25, 0.3) is 0 Å². The van der Waals surface area contributed by atoms with Crippen molar-refractivity contribution in [1.82, 2.24) is 9.88 Å². The Morgan fingerprint density at radius 3 is 2.35 bits per heavy atom. The molecule has 1 aromatic heterocycles. The first-order chi connectivity index (χ1) is 14.8. The third-order valence-corrected chi connectivity index (χ3v) is 4.91. The van der Waals surface area contributed by atoms with Gasteiger partial charge >= 0.3 is 6.18 Å². The van der Waals surface area contributed by atoms with Crippen LogP contribution in [-0.2, 0) is 19.3 Å². The summed E-state index contributed by atoms with van der Waals surface area (Å²) in [6, 6.07) is 17.7. The van der Waals surface area contributed by atoms with Gasteiger partial charge in [0.05, 0.1) is 5.56 Å². The predicted octanol–water partition coefficient (Wildman–Crippen LogP) is 4.85. The summed E-state index contributed by atoms with van der Waals surface area (Å²) in [4.78, 5) is 5.66. The zero-order valence-electron chi connectivity index (χ0n) is 17.2. The summed E-state index contributed by atoms with van der Waals surface area (Å²) in [5.41, 5.74) is 1.37. The highest BCUT2D eigenvalue weighted by Crippen LogP contribution is 2.32. The van der Waals surface area contributed by atoms with Crippen LogP contribution in [0.4, 0.5) is 13.2 Å². The standard InChI is InChI=1S/C24H25F3N2O2/c1-18-7-5-6-8-19(18)14-29(15-20-13-28-12-11-23(20)24(25,26)27)16-21(30)17-31-22-9-3-2-4-10-22/h2-13,21,30H,14-17H2,1H3. The Morgan fingerprint density at radius 2 is 1.65 bits per heavy atom. The summed E-state index contributed by atoms with van der Waals surface area (Å²) in [5, 5.41) is 10.5. The van der Waals surface area contributed by atoms with E-state index in [0.717, 1.165) is 23.4 Å². The molecule has 0 aliphatic rings. The largest absolute Gasteiger partial charge is 0.491 e. The number of aliphatic hydroxyl groups excluding tert-OH is 1. The summed E-state index contributed by atoms with van der Waals surface area (Å²) in [5.74, 6) is 0.624. The second-order valence-corrected chi connectivity index (χ2v) is 7.40. The van der Waals surface area contributed by atoms with Crippen molar-refractivity contribution < 1.29 is 23.0 Å². The molecule has 0 spiro atoms. The number of nitrogens with zero attached hydrogens (tertiary/aromatic N) is 2. The molecule has 7 heteroatoms. The minimum absolute atomic E-state index is 0.000581. The summed E-state index contributed by atoms with van der Waals surface area (Å²) >= 11 is 0. The Hall–Kier alpha value is -2.90. The minimum atomic E-state index is -4.47. The second-order valence-electron chi connectivity index (χ2n) is 7.40. The molecule has 164 valence electrons. The molecule has 0 bridgehead atoms. The monoisotopic (exact) mass is 430 g/mol. The van der Waals surface area contributed by atoms with Gasteiger partial charge < -0.3 is 9.84 Å². The number of aromatic nitrogens is 1. The van der Waals surface area contributed by atoms with Gasteiger partial charge in [0.1, 0.15) is 18.5 Å². The molecule has 0 aliphatic heterocycles. The molecule has 3 rings (SSSR count). The van der Waals surface area contributed by atoms with Crippen molar-refractivity contribution in [2.45, 2.75) is 32.3 Å². The van der Waals surface area contributed by atoms with Crippen LogP contribution in [0.5, 0.6) is 5.75 Å². The van der Waals surface area contributed by atoms with Crippen molar-refractivity contribution in [3.63, 3.8) is 0 Å². The van der Waals surface area contributed by atoms with Crippen molar-refractivity contribution in [2.75, 3.05) is 13.2 Å². The number of ether oxygens (including phenoxy) is 1. The summed E-state index contributed by atoms with van der Waals surface area (Å²) in [6.07, 6.45) is -2.97. The normalized spacial score (nSPS) is 12.7. The number of benzene rings is 2. The first-order valence-electron chi connectivity index (χ1n) is 9.96. The number of para-hydroxylation sites is 1. The summed E-state index contributed by atoms with van der Waals surface area (Å²) in [6.45, 7) is 2.52. The molecule has 3 aromatic rings. The summed E-state index contributed by atoms with van der Waals surface area (Å²) < 4.78 is 45.9. The molecule has 1 atom stereocenters. The highest BCUT2D eigenvalue weighted by atomic mass is 19.4.